The molecule has 0 atom stereocenters. The van der Waals surface area contributed by atoms with Crippen LogP contribution in [0.1, 0.15) is 16.1 Å². The number of carbonyl (C=O) groups is 1. The van der Waals surface area contributed by atoms with Crippen molar-refractivity contribution in [3.63, 3.8) is 0 Å². The van der Waals surface area contributed by atoms with Crippen LogP contribution in [0.3, 0.4) is 0 Å². The minimum atomic E-state index is -4.91. The lowest BCUT2D eigenvalue weighted by Gasteiger charge is -2.07. The monoisotopic (exact) mass is 291 g/mol. The van der Waals surface area contributed by atoms with E-state index in [1.807, 2.05) is 0 Å². The van der Waals surface area contributed by atoms with Crippen molar-refractivity contribution in [2.75, 3.05) is 0 Å². The van der Waals surface area contributed by atoms with E-state index in [-0.39, 0.29) is 10.6 Å². The summed E-state index contributed by atoms with van der Waals surface area (Å²) in [6.45, 7) is 0. The van der Waals surface area contributed by atoms with E-state index in [1.165, 1.54) is 24.3 Å². The van der Waals surface area contributed by atoms with Crippen LogP contribution in [0.25, 0.3) is 11.3 Å². The van der Waals surface area contributed by atoms with E-state index in [9.17, 15) is 18.0 Å². The molecule has 1 N–H and O–H groups in total. The van der Waals surface area contributed by atoms with Crippen LogP contribution in [0.5, 0.6) is 0 Å². The molecule has 19 heavy (non-hydrogen) atoms. The Hall–Kier alpha value is -2.02. The zero-order valence-corrected chi connectivity index (χ0v) is 9.79. The number of hydrogen-bond acceptors (Lipinski definition) is 3. The van der Waals surface area contributed by atoms with E-state index in [0.29, 0.717) is 0 Å². The molecule has 0 fully saturated rings. The summed E-state index contributed by atoms with van der Waals surface area (Å²) in [6, 6.07) is 5.61. The zero-order valence-electron chi connectivity index (χ0n) is 9.03. The molecule has 8 heteroatoms. The molecule has 0 saturated carbocycles. The van der Waals surface area contributed by atoms with Crippen molar-refractivity contribution in [2.45, 2.75) is 6.18 Å². The number of aromatic carboxylic acids is 1. The van der Waals surface area contributed by atoms with Gasteiger partial charge in [-0.1, -0.05) is 28.9 Å². The Balaban J connectivity index is 2.73. The van der Waals surface area contributed by atoms with E-state index in [2.05, 4.69) is 9.68 Å². The van der Waals surface area contributed by atoms with Gasteiger partial charge in [0.15, 0.2) is 5.76 Å². The lowest BCUT2D eigenvalue weighted by Crippen LogP contribution is -2.12. The molecule has 0 aliphatic heterocycles. The maximum Gasteiger partial charge on any atom is 0.422 e. The zero-order chi connectivity index (χ0) is 14.2. The van der Waals surface area contributed by atoms with E-state index in [0.717, 1.165) is 0 Å². The van der Waals surface area contributed by atoms with Crippen LogP contribution < -0.4 is 0 Å². The van der Waals surface area contributed by atoms with Gasteiger partial charge in [0, 0.05) is 5.56 Å². The summed E-state index contributed by atoms with van der Waals surface area (Å²) in [7, 11) is 0. The number of nitrogens with zero attached hydrogens (tertiary/aromatic N) is 1. The highest BCUT2D eigenvalue weighted by molar-refractivity contribution is 6.33. The molecule has 1 aromatic carbocycles. The molecule has 0 spiro atoms. The highest BCUT2D eigenvalue weighted by atomic mass is 35.5. The Kier molecular flexibility index (Phi) is 3.23. The predicted octanol–water partition coefficient (Wildman–Crippen LogP) is 3.71. The van der Waals surface area contributed by atoms with Crippen molar-refractivity contribution in [1.29, 1.82) is 0 Å². The van der Waals surface area contributed by atoms with Crippen molar-refractivity contribution in [1.82, 2.24) is 5.16 Å². The summed E-state index contributed by atoms with van der Waals surface area (Å²) in [4.78, 5) is 10.7. The van der Waals surface area contributed by atoms with Gasteiger partial charge < -0.3 is 9.63 Å². The fourth-order valence-electron chi connectivity index (χ4n) is 1.53. The largest absolute Gasteiger partial charge is 0.476 e. The van der Waals surface area contributed by atoms with Crippen LogP contribution in [0.2, 0.25) is 5.02 Å². The van der Waals surface area contributed by atoms with Gasteiger partial charge in [0.1, 0.15) is 5.56 Å². The minimum Gasteiger partial charge on any atom is -0.476 e. The number of carboxylic acids is 1. The summed E-state index contributed by atoms with van der Waals surface area (Å²) >= 11 is 5.77. The first-order valence-electron chi connectivity index (χ1n) is 4.87. The number of benzene rings is 1. The van der Waals surface area contributed by atoms with Crippen LogP contribution >= 0.6 is 11.6 Å². The SMILES string of the molecule is O=C(O)c1noc(-c2ccccc2Cl)c1C(F)(F)F. The van der Waals surface area contributed by atoms with Gasteiger partial charge in [0.25, 0.3) is 0 Å². The molecule has 4 nitrogen and oxygen atoms in total. The molecule has 2 aromatic rings. The quantitative estimate of drug-likeness (QED) is 0.916. The Morgan fingerprint density at radius 3 is 2.47 bits per heavy atom. The third kappa shape index (κ3) is 2.41. The minimum absolute atomic E-state index is 0.00101. The van der Waals surface area contributed by atoms with Gasteiger partial charge in [-0.25, -0.2) is 4.79 Å². The van der Waals surface area contributed by atoms with Crippen LogP contribution in [-0.4, -0.2) is 16.2 Å². The smallest absolute Gasteiger partial charge is 0.422 e. The highest BCUT2D eigenvalue weighted by Gasteiger charge is 2.43. The Bertz CT molecular complexity index is 636. The first kappa shape index (κ1) is 13.4. The Morgan fingerprint density at radius 2 is 1.95 bits per heavy atom. The second-order valence-corrected chi connectivity index (χ2v) is 3.93. The van der Waals surface area contributed by atoms with Crippen molar-refractivity contribution < 1.29 is 27.6 Å². The Labute approximate surface area is 109 Å². The molecule has 0 radical (unpaired) electrons. The summed E-state index contributed by atoms with van der Waals surface area (Å²) in [5, 5.41) is 11.7. The van der Waals surface area contributed by atoms with Gasteiger partial charge in [-0.2, -0.15) is 13.2 Å². The van der Waals surface area contributed by atoms with Gasteiger partial charge in [-0.3, -0.25) is 0 Å². The van der Waals surface area contributed by atoms with Crippen molar-refractivity contribution in [2.24, 2.45) is 0 Å². The van der Waals surface area contributed by atoms with Gasteiger partial charge in [0.05, 0.1) is 5.02 Å². The van der Waals surface area contributed by atoms with Crippen LogP contribution in [0.4, 0.5) is 13.2 Å². The van der Waals surface area contributed by atoms with Crippen LogP contribution in [0, 0.1) is 0 Å². The predicted molar refractivity (Wildman–Crippen MR) is 58.9 cm³/mol. The number of halogens is 4. The lowest BCUT2D eigenvalue weighted by atomic mass is 10.1. The first-order valence-corrected chi connectivity index (χ1v) is 5.25. The second-order valence-electron chi connectivity index (χ2n) is 3.52. The van der Waals surface area contributed by atoms with Crippen molar-refractivity contribution >= 4 is 17.6 Å². The third-order valence-corrected chi connectivity index (χ3v) is 2.63. The normalized spacial score (nSPS) is 11.6. The molecule has 0 amide bonds. The molecule has 0 saturated heterocycles. The third-order valence-electron chi connectivity index (χ3n) is 2.30. The Morgan fingerprint density at radius 1 is 1.32 bits per heavy atom. The van der Waals surface area contributed by atoms with Gasteiger partial charge in [0.2, 0.25) is 5.69 Å². The summed E-state index contributed by atoms with van der Waals surface area (Å²) in [5.41, 5.74) is -2.72. The number of hydrogen-bond donors (Lipinski definition) is 1. The summed E-state index contributed by atoms with van der Waals surface area (Å²) < 4.78 is 43.3. The maximum absolute atomic E-state index is 12.9. The van der Waals surface area contributed by atoms with E-state index in [1.54, 1.807) is 0 Å². The molecule has 0 bridgehead atoms. The fraction of sp³-hybridized carbons (Fsp3) is 0.0909. The molecule has 2 rings (SSSR count). The molecule has 1 aromatic heterocycles. The van der Waals surface area contributed by atoms with Gasteiger partial charge >= 0.3 is 12.1 Å². The van der Waals surface area contributed by atoms with Crippen LogP contribution in [-0.2, 0) is 6.18 Å². The van der Waals surface area contributed by atoms with Crippen molar-refractivity contribution in [3.05, 3.63) is 40.5 Å². The van der Waals surface area contributed by atoms with Crippen LogP contribution in [0.15, 0.2) is 28.8 Å². The second kappa shape index (κ2) is 4.58. The summed E-state index contributed by atoms with van der Waals surface area (Å²) in [6.07, 6.45) is -4.91. The van der Waals surface area contributed by atoms with Gasteiger partial charge in [-0.15, -0.1) is 0 Å². The molecular formula is C11H5ClF3NO3. The average molecular weight is 292 g/mol. The fourth-order valence-corrected chi connectivity index (χ4v) is 1.75. The number of rotatable bonds is 2. The molecule has 0 unspecified atom stereocenters. The van der Waals surface area contributed by atoms with E-state index >= 15 is 0 Å². The first-order chi connectivity index (χ1) is 8.82. The molecular weight excluding hydrogens is 287 g/mol. The molecule has 100 valence electrons. The standard InChI is InChI=1S/C11H5ClF3NO3/c12-6-4-2-1-3-5(6)9-7(11(13,14)15)8(10(17)18)16-19-9/h1-4H,(H,17,18). The molecule has 1 heterocycles. The van der Waals surface area contributed by atoms with E-state index < -0.39 is 29.2 Å². The highest BCUT2D eigenvalue weighted by Crippen LogP contribution is 2.41. The van der Waals surface area contributed by atoms with E-state index in [4.69, 9.17) is 16.7 Å². The number of alkyl halides is 3. The molecule has 0 aliphatic carbocycles. The van der Waals surface area contributed by atoms with Gasteiger partial charge in [-0.05, 0) is 12.1 Å². The molecule has 0 aliphatic rings. The topological polar surface area (TPSA) is 63.3 Å². The maximum atomic E-state index is 12.9. The van der Waals surface area contributed by atoms with Crippen molar-refractivity contribution in [3.8, 4) is 11.3 Å². The average Bonchev–Trinajstić information content (AvgIpc) is 2.73. The lowest BCUT2D eigenvalue weighted by molar-refractivity contribution is -0.137. The summed E-state index contributed by atoms with van der Waals surface area (Å²) in [5.74, 6) is -2.54. The number of aromatic nitrogens is 1. The number of carboxylic acid groups (broad SMARTS) is 1.